The van der Waals surface area contributed by atoms with Gasteiger partial charge in [0, 0.05) is 30.4 Å². The molecule has 2 unspecified atom stereocenters. The molecule has 4 rings (SSSR count). The number of hydrogen-bond donors (Lipinski definition) is 2. The van der Waals surface area contributed by atoms with Crippen molar-refractivity contribution in [2.24, 2.45) is 5.92 Å². The Hall–Kier alpha value is -3.26. The first-order valence-electron chi connectivity index (χ1n) is 11.3. The second kappa shape index (κ2) is 8.94. The minimum atomic E-state index is -0.634. The zero-order chi connectivity index (χ0) is 23.8. The molecule has 174 valence electrons. The van der Waals surface area contributed by atoms with Crippen LogP contribution in [-0.2, 0) is 27.2 Å². The van der Waals surface area contributed by atoms with Crippen LogP contribution in [-0.4, -0.2) is 64.2 Å². The Morgan fingerprint density at radius 2 is 1.88 bits per heavy atom. The van der Waals surface area contributed by atoms with E-state index >= 15 is 0 Å². The number of nitrogens with zero attached hydrogens (tertiary/aromatic N) is 3. The van der Waals surface area contributed by atoms with Gasteiger partial charge in [-0.25, -0.2) is 4.98 Å². The van der Waals surface area contributed by atoms with Gasteiger partial charge in [0.1, 0.15) is 12.4 Å². The van der Waals surface area contributed by atoms with E-state index in [9.17, 15) is 14.4 Å². The van der Waals surface area contributed by atoms with Crippen molar-refractivity contribution in [2.75, 3.05) is 30.8 Å². The van der Waals surface area contributed by atoms with Crippen molar-refractivity contribution >= 4 is 29.2 Å². The summed E-state index contributed by atoms with van der Waals surface area (Å²) in [7, 11) is 1.93. The van der Waals surface area contributed by atoms with Crippen molar-refractivity contribution in [3.63, 3.8) is 0 Å². The first kappa shape index (κ1) is 22.9. The summed E-state index contributed by atoms with van der Waals surface area (Å²) in [6.07, 6.45) is 2.91. The molecule has 0 saturated carbocycles. The summed E-state index contributed by atoms with van der Waals surface area (Å²) in [5.41, 5.74) is 2.21. The van der Waals surface area contributed by atoms with Crippen molar-refractivity contribution in [2.45, 2.75) is 45.2 Å². The van der Waals surface area contributed by atoms with Gasteiger partial charge in [-0.3, -0.25) is 19.3 Å². The maximum Gasteiger partial charge on any atom is 0.244 e. The number of nitrogens with one attached hydrogen (secondary N) is 2. The van der Waals surface area contributed by atoms with E-state index in [0.717, 1.165) is 11.1 Å². The van der Waals surface area contributed by atoms with E-state index in [1.807, 2.05) is 57.0 Å². The molecule has 1 aliphatic carbocycles. The summed E-state index contributed by atoms with van der Waals surface area (Å²) in [6, 6.07) is 11.1. The van der Waals surface area contributed by atoms with Crippen LogP contribution < -0.4 is 10.6 Å². The normalized spacial score (nSPS) is 22.1. The van der Waals surface area contributed by atoms with Crippen LogP contribution in [0.2, 0.25) is 0 Å². The minimum absolute atomic E-state index is 0.0173. The number of rotatable bonds is 5. The number of amides is 3. The van der Waals surface area contributed by atoms with Crippen molar-refractivity contribution in [3.05, 3.63) is 53.7 Å². The Labute approximate surface area is 194 Å². The fourth-order valence-corrected chi connectivity index (χ4v) is 4.57. The third-order valence-corrected chi connectivity index (χ3v) is 6.83. The van der Waals surface area contributed by atoms with Gasteiger partial charge in [-0.1, -0.05) is 12.1 Å². The third-order valence-electron chi connectivity index (χ3n) is 6.83. The van der Waals surface area contributed by atoms with Gasteiger partial charge in [-0.05, 0) is 76.1 Å². The fourth-order valence-electron chi connectivity index (χ4n) is 4.57. The van der Waals surface area contributed by atoms with Gasteiger partial charge in [0.2, 0.25) is 17.7 Å². The summed E-state index contributed by atoms with van der Waals surface area (Å²) >= 11 is 0. The van der Waals surface area contributed by atoms with Crippen molar-refractivity contribution in [1.29, 1.82) is 0 Å². The van der Waals surface area contributed by atoms with Crippen molar-refractivity contribution < 1.29 is 14.4 Å². The maximum atomic E-state index is 12.9. The zero-order valence-electron chi connectivity index (χ0n) is 19.6. The Morgan fingerprint density at radius 3 is 2.61 bits per heavy atom. The number of anilines is 2. The Balaban J connectivity index is 1.37. The summed E-state index contributed by atoms with van der Waals surface area (Å²) < 4.78 is 0. The van der Waals surface area contributed by atoms with E-state index in [1.165, 1.54) is 0 Å². The molecule has 1 fully saturated rings. The molecular formula is C25H31N5O3. The van der Waals surface area contributed by atoms with E-state index < -0.39 is 5.54 Å². The zero-order valence-corrected chi connectivity index (χ0v) is 19.6. The van der Waals surface area contributed by atoms with Crippen LogP contribution in [0.15, 0.2) is 42.6 Å². The standard InChI is InChI=1S/C25H31N5O3/c1-16-14-29(4)25(2,3)24(33)30(16)15-22(31)27-20-9-8-17-11-19(12-18(17)13-20)23(32)28-21-7-5-6-10-26-21/h5-10,13,16,19H,11-12,14-15H2,1-4H3,(H,27,31)(H,26,28,32). The predicted molar refractivity (Wildman–Crippen MR) is 127 cm³/mol. The first-order valence-corrected chi connectivity index (χ1v) is 11.3. The second-order valence-electron chi connectivity index (χ2n) is 9.56. The van der Waals surface area contributed by atoms with Crippen LogP contribution in [0, 0.1) is 5.92 Å². The highest BCUT2D eigenvalue weighted by molar-refractivity contribution is 5.97. The second-order valence-corrected chi connectivity index (χ2v) is 9.56. The average Bonchev–Trinajstić information content (AvgIpc) is 3.20. The van der Waals surface area contributed by atoms with E-state index in [2.05, 4.69) is 15.6 Å². The average molecular weight is 450 g/mol. The Bertz CT molecular complexity index is 1070. The lowest BCUT2D eigenvalue weighted by atomic mass is 9.95. The fraction of sp³-hybridized carbons (Fsp3) is 0.440. The Morgan fingerprint density at radius 1 is 1.12 bits per heavy atom. The van der Waals surface area contributed by atoms with E-state index in [-0.39, 0.29) is 36.2 Å². The summed E-state index contributed by atoms with van der Waals surface area (Å²) in [4.78, 5) is 46.1. The number of carbonyl (C=O) groups is 3. The highest BCUT2D eigenvalue weighted by atomic mass is 16.2. The highest BCUT2D eigenvalue weighted by Gasteiger charge is 2.43. The van der Waals surface area contributed by atoms with E-state index in [0.29, 0.717) is 30.9 Å². The van der Waals surface area contributed by atoms with Crippen LogP contribution in [0.5, 0.6) is 0 Å². The van der Waals surface area contributed by atoms with Crippen LogP contribution in [0.25, 0.3) is 0 Å². The molecule has 2 aromatic rings. The highest BCUT2D eigenvalue weighted by Crippen LogP contribution is 2.30. The number of pyridine rings is 1. The molecule has 0 radical (unpaired) electrons. The molecule has 2 heterocycles. The molecule has 3 amide bonds. The first-order chi connectivity index (χ1) is 15.6. The molecular weight excluding hydrogens is 418 g/mol. The molecule has 8 heteroatoms. The minimum Gasteiger partial charge on any atom is -0.328 e. The van der Waals surface area contributed by atoms with Gasteiger partial charge in [0.15, 0.2) is 0 Å². The molecule has 2 N–H and O–H groups in total. The quantitative estimate of drug-likeness (QED) is 0.731. The SMILES string of the molecule is CC1CN(C)C(C)(C)C(=O)N1CC(=O)Nc1ccc2c(c1)CC(C(=O)Nc1ccccn1)C2. The number of fused-ring (bicyclic) bond motifs is 1. The van der Waals surface area contributed by atoms with Gasteiger partial charge in [-0.2, -0.15) is 0 Å². The van der Waals surface area contributed by atoms with Crippen LogP contribution in [0.4, 0.5) is 11.5 Å². The molecule has 1 aromatic carbocycles. The van der Waals surface area contributed by atoms with Gasteiger partial charge in [0.25, 0.3) is 0 Å². The van der Waals surface area contributed by atoms with E-state index in [1.54, 1.807) is 23.2 Å². The smallest absolute Gasteiger partial charge is 0.244 e. The number of benzene rings is 1. The number of hydrogen-bond acceptors (Lipinski definition) is 5. The van der Waals surface area contributed by atoms with Gasteiger partial charge < -0.3 is 15.5 Å². The summed E-state index contributed by atoms with van der Waals surface area (Å²) in [6.45, 7) is 6.46. The molecule has 1 aromatic heterocycles. The van der Waals surface area contributed by atoms with Crippen molar-refractivity contribution in [3.8, 4) is 0 Å². The van der Waals surface area contributed by atoms with Crippen LogP contribution in [0.1, 0.15) is 31.9 Å². The Kier molecular flexibility index (Phi) is 6.21. The number of aromatic nitrogens is 1. The maximum absolute atomic E-state index is 12.9. The predicted octanol–water partition coefficient (Wildman–Crippen LogP) is 2.31. The largest absolute Gasteiger partial charge is 0.328 e. The topological polar surface area (TPSA) is 94.6 Å². The van der Waals surface area contributed by atoms with Gasteiger partial charge >= 0.3 is 0 Å². The van der Waals surface area contributed by atoms with Crippen LogP contribution >= 0.6 is 0 Å². The lowest BCUT2D eigenvalue weighted by Gasteiger charge is -2.47. The van der Waals surface area contributed by atoms with E-state index in [4.69, 9.17) is 0 Å². The van der Waals surface area contributed by atoms with Crippen molar-refractivity contribution in [1.82, 2.24) is 14.8 Å². The van der Waals surface area contributed by atoms with Gasteiger partial charge in [0.05, 0.1) is 5.54 Å². The van der Waals surface area contributed by atoms with Crippen LogP contribution in [0.3, 0.4) is 0 Å². The molecule has 2 atom stereocenters. The lowest BCUT2D eigenvalue weighted by Crippen LogP contribution is -2.65. The number of carbonyl (C=O) groups excluding carboxylic acids is 3. The molecule has 1 aliphatic heterocycles. The molecule has 8 nitrogen and oxygen atoms in total. The molecule has 2 aliphatic rings. The lowest BCUT2D eigenvalue weighted by molar-refractivity contribution is -0.153. The number of piperazine rings is 1. The third kappa shape index (κ3) is 4.75. The monoisotopic (exact) mass is 449 g/mol. The molecule has 0 bridgehead atoms. The molecule has 1 saturated heterocycles. The number of likely N-dealkylation sites (N-methyl/N-ethyl adjacent to an activating group) is 1. The summed E-state index contributed by atoms with van der Waals surface area (Å²) in [5, 5.41) is 5.79. The molecule has 33 heavy (non-hydrogen) atoms. The molecule has 0 spiro atoms. The van der Waals surface area contributed by atoms with Gasteiger partial charge in [-0.15, -0.1) is 0 Å². The summed E-state index contributed by atoms with van der Waals surface area (Å²) in [5.74, 6) is 0.0505.